The minimum absolute atomic E-state index is 0.0299. The molecule has 0 spiro atoms. The van der Waals surface area contributed by atoms with E-state index in [0.29, 0.717) is 0 Å². The van der Waals surface area contributed by atoms with E-state index >= 15 is 0 Å². The number of anilines is 2. The van der Waals surface area contributed by atoms with Gasteiger partial charge in [-0.05, 0) is 42.7 Å². The van der Waals surface area contributed by atoms with Gasteiger partial charge in [0.25, 0.3) is 5.91 Å². The molecule has 0 saturated carbocycles. The summed E-state index contributed by atoms with van der Waals surface area (Å²) >= 11 is 0. The van der Waals surface area contributed by atoms with E-state index in [1.54, 1.807) is 0 Å². The SMILES string of the molecule is CCc1ccc(C(C)NC(=O)/C(C#N)=C\Nc2cccc(N(C)C)c2)cc1. The topological polar surface area (TPSA) is 68.2 Å². The maximum atomic E-state index is 12.4. The fourth-order valence-electron chi connectivity index (χ4n) is 2.58. The molecule has 0 aliphatic carbocycles. The molecule has 1 amide bonds. The van der Waals surface area contributed by atoms with Crippen molar-refractivity contribution in [1.29, 1.82) is 5.26 Å². The second kappa shape index (κ2) is 9.44. The number of carbonyl (C=O) groups is 1. The third kappa shape index (κ3) is 5.61. The Bertz CT molecular complexity index is 847. The molecule has 1 atom stereocenters. The number of hydrogen-bond acceptors (Lipinski definition) is 4. The number of hydrogen-bond donors (Lipinski definition) is 2. The Balaban J connectivity index is 2.05. The Morgan fingerprint density at radius 1 is 1.22 bits per heavy atom. The Hall–Kier alpha value is -3.26. The number of nitrogens with one attached hydrogen (secondary N) is 2. The molecule has 2 rings (SSSR count). The van der Waals surface area contributed by atoms with Gasteiger partial charge in [0.05, 0.1) is 6.04 Å². The van der Waals surface area contributed by atoms with Crippen molar-refractivity contribution in [2.24, 2.45) is 0 Å². The number of rotatable bonds is 7. The zero-order chi connectivity index (χ0) is 19.8. The molecule has 0 aliphatic rings. The van der Waals surface area contributed by atoms with Crippen LogP contribution in [0, 0.1) is 11.3 Å². The quantitative estimate of drug-likeness (QED) is 0.577. The highest BCUT2D eigenvalue weighted by atomic mass is 16.1. The maximum Gasteiger partial charge on any atom is 0.263 e. The smallest absolute Gasteiger partial charge is 0.263 e. The summed E-state index contributed by atoms with van der Waals surface area (Å²) in [4.78, 5) is 14.4. The summed E-state index contributed by atoms with van der Waals surface area (Å²) in [6.45, 7) is 4.01. The molecule has 140 valence electrons. The van der Waals surface area contributed by atoms with Crippen LogP contribution in [0.4, 0.5) is 11.4 Å². The molecule has 5 nitrogen and oxygen atoms in total. The van der Waals surface area contributed by atoms with Gasteiger partial charge >= 0.3 is 0 Å². The van der Waals surface area contributed by atoms with Gasteiger partial charge in [-0.25, -0.2) is 0 Å². The zero-order valence-corrected chi connectivity index (χ0v) is 16.3. The summed E-state index contributed by atoms with van der Waals surface area (Å²) in [5.41, 5.74) is 4.12. The standard InChI is InChI=1S/C22H26N4O/c1-5-17-9-11-18(12-10-17)16(2)25-22(27)19(14-23)15-24-20-7-6-8-21(13-20)26(3)4/h6-13,15-16,24H,5H2,1-4H3,(H,25,27)/b19-15-. The van der Waals surface area contributed by atoms with Crippen LogP contribution in [0.25, 0.3) is 0 Å². The van der Waals surface area contributed by atoms with E-state index in [1.807, 2.05) is 68.4 Å². The summed E-state index contributed by atoms with van der Waals surface area (Å²) in [6.07, 6.45) is 2.42. The summed E-state index contributed by atoms with van der Waals surface area (Å²) in [5, 5.41) is 15.2. The molecule has 1 unspecified atom stereocenters. The first-order valence-electron chi connectivity index (χ1n) is 8.98. The number of nitriles is 1. The number of benzene rings is 2. The molecule has 0 bridgehead atoms. The van der Waals surface area contributed by atoms with E-state index in [2.05, 4.69) is 29.7 Å². The summed E-state index contributed by atoms with van der Waals surface area (Å²) in [5.74, 6) is -0.402. The van der Waals surface area contributed by atoms with Crippen molar-refractivity contribution in [3.8, 4) is 6.07 Å². The number of carbonyl (C=O) groups excluding carboxylic acids is 1. The van der Waals surface area contributed by atoms with Crippen LogP contribution in [0.15, 0.2) is 60.3 Å². The highest BCUT2D eigenvalue weighted by Crippen LogP contribution is 2.18. The summed E-state index contributed by atoms with van der Waals surface area (Å²) < 4.78 is 0. The maximum absolute atomic E-state index is 12.4. The highest BCUT2D eigenvalue weighted by Gasteiger charge is 2.13. The molecule has 0 saturated heterocycles. The molecular formula is C22H26N4O. The number of aryl methyl sites for hydroxylation is 1. The minimum atomic E-state index is -0.402. The fourth-order valence-corrected chi connectivity index (χ4v) is 2.58. The molecule has 2 N–H and O–H groups in total. The fraction of sp³-hybridized carbons (Fsp3) is 0.273. The average molecular weight is 362 g/mol. The lowest BCUT2D eigenvalue weighted by atomic mass is 10.0. The van der Waals surface area contributed by atoms with Gasteiger partial charge in [-0.3, -0.25) is 4.79 Å². The van der Waals surface area contributed by atoms with Gasteiger partial charge in [-0.2, -0.15) is 5.26 Å². The van der Waals surface area contributed by atoms with Gasteiger partial charge in [0.15, 0.2) is 0 Å². The summed E-state index contributed by atoms with van der Waals surface area (Å²) in [7, 11) is 3.91. The van der Waals surface area contributed by atoms with Gasteiger partial charge in [0.1, 0.15) is 11.6 Å². The molecule has 2 aromatic carbocycles. The molecular weight excluding hydrogens is 336 g/mol. The van der Waals surface area contributed by atoms with E-state index in [0.717, 1.165) is 23.4 Å². The van der Waals surface area contributed by atoms with E-state index < -0.39 is 5.91 Å². The normalized spacial score (nSPS) is 12.0. The number of nitrogens with zero attached hydrogens (tertiary/aromatic N) is 2. The first-order chi connectivity index (χ1) is 12.9. The molecule has 0 radical (unpaired) electrons. The lowest BCUT2D eigenvalue weighted by Gasteiger charge is -2.15. The zero-order valence-electron chi connectivity index (χ0n) is 16.3. The molecule has 27 heavy (non-hydrogen) atoms. The molecule has 0 aliphatic heterocycles. The van der Waals surface area contributed by atoms with E-state index in [4.69, 9.17) is 0 Å². The Morgan fingerprint density at radius 2 is 1.93 bits per heavy atom. The van der Waals surface area contributed by atoms with Crippen molar-refractivity contribution in [2.75, 3.05) is 24.3 Å². The van der Waals surface area contributed by atoms with Crippen LogP contribution in [0.3, 0.4) is 0 Å². The van der Waals surface area contributed by atoms with Crippen LogP contribution in [0.1, 0.15) is 31.0 Å². The van der Waals surface area contributed by atoms with Crippen LogP contribution < -0.4 is 15.5 Å². The van der Waals surface area contributed by atoms with E-state index in [9.17, 15) is 10.1 Å². The first-order valence-corrected chi connectivity index (χ1v) is 8.98. The van der Waals surface area contributed by atoms with Crippen molar-refractivity contribution in [3.05, 3.63) is 71.4 Å². The van der Waals surface area contributed by atoms with Gasteiger partial charge < -0.3 is 15.5 Å². The van der Waals surface area contributed by atoms with Crippen molar-refractivity contribution in [1.82, 2.24) is 5.32 Å². The minimum Gasteiger partial charge on any atom is -0.378 e. The molecule has 0 aromatic heterocycles. The molecule has 0 heterocycles. The van der Waals surface area contributed by atoms with Crippen molar-refractivity contribution < 1.29 is 4.79 Å². The van der Waals surface area contributed by atoms with Crippen molar-refractivity contribution in [2.45, 2.75) is 26.3 Å². The Kier molecular flexibility index (Phi) is 7.01. The summed E-state index contributed by atoms with van der Waals surface area (Å²) in [6, 6.07) is 17.6. The van der Waals surface area contributed by atoms with Gasteiger partial charge in [-0.15, -0.1) is 0 Å². The first kappa shape index (κ1) is 20.1. The Morgan fingerprint density at radius 3 is 2.52 bits per heavy atom. The van der Waals surface area contributed by atoms with Gasteiger partial charge in [0.2, 0.25) is 0 Å². The van der Waals surface area contributed by atoms with Crippen LogP contribution in [-0.4, -0.2) is 20.0 Å². The van der Waals surface area contributed by atoms with Crippen molar-refractivity contribution in [3.63, 3.8) is 0 Å². The van der Waals surface area contributed by atoms with Crippen LogP contribution in [0.5, 0.6) is 0 Å². The van der Waals surface area contributed by atoms with Crippen LogP contribution in [-0.2, 0) is 11.2 Å². The van der Waals surface area contributed by atoms with Gasteiger partial charge in [0, 0.05) is 31.7 Å². The number of amides is 1. The van der Waals surface area contributed by atoms with E-state index in [1.165, 1.54) is 11.8 Å². The molecule has 5 heteroatoms. The van der Waals surface area contributed by atoms with Crippen LogP contribution >= 0.6 is 0 Å². The lowest BCUT2D eigenvalue weighted by Crippen LogP contribution is -2.28. The Labute approximate surface area is 161 Å². The molecule has 0 fully saturated rings. The third-order valence-corrected chi connectivity index (χ3v) is 4.35. The van der Waals surface area contributed by atoms with Crippen molar-refractivity contribution >= 4 is 17.3 Å². The largest absolute Gasteiger partial charge is 0.378 e. The monoisotopic (exact) mass is 362 g/mol. The lowest BCUT2D eigenvalue weighted by molar-refractivity contribution is -0.117. The predicted molar refractivity (Wildman–Crippen MR) is 110 cm³/mol. The second-order valence-electron chi connectivity index (χ2n) is 6.55. The van der Waals surface area contributed by atoms with Gasteiger partial charge in [-0.1, -0.05) is 37.3 Å². The molecule has 2 aromatic rings. The van der Waals surface area contributed by atoms with Crippen LogP contribution in [0.2, 0.25) is 0 Å². The predicted octanol–water partition coefficient (Wildman–Crippen LogP) is 4.01. The third-order valence-electron chi connectivity index (χ3n) is 4.35. The highest BCUT2D eigenvalue weighted by molar-refractivity contribution is 5.97. The second-order valence-corrected chi connectivity index (χ2v) is 6.55. The average Bonchev–Trinajstić information content (AvgIpc) is 2.68. The van der Waals surface area contributed by atoms with E-state index in [-0.39, 0.29) is 11.6 Å².